The fourth-order valence-corrected chi connectivity index (χ4v) is 2.02. The van der Waals surface area contributed by atoms with Gasteiger partial charge in [0, 0.05) is 12.6 Å². The Hall–Kier alpha value is -1.59. The lowest BCUT2D eigenvalue weighted by Gasteiger charge is -2.19. The molecule has 1 atom stereocenters. The molecule has 1 aromatic carbocycles. The summed E-state index contributed by atoms with van der Waals surface area (Å²) in [7, 11) is 0. The molecule has 0 saturated carbocycles. The number of unbranched alkanes of at least 4 members (excludes halogenated alkanes) is 1. The number of nitrogens with one attached hydrogen (secondary N) is 1. The molecular weight excluding hydrogens is 292 g/mol. The van der Waals surface area contributed by atoms with Crippen LogP contribution in [0.3, 0.4) is 0 Å². The number of nitrogens with two attached hydrogens (primary N) is 1. The largest absolute Gasteiger partial charge is 0.444 e. The number of carbonyl (C=O) groups excluding carboxylic acids is 1. The molecule has 0 aliphatic heterocycles. The summed E-state index contributed by atoms with van der Waals surface area (Å²) >= 11 is 0. The van der Waals surface area contributed by atoms with Crippen LogP contribution in [0.15, 0.2) is 30.3 Å². The van der Waals surface area contributed by atoms with Gasteiger partial charge in [-0.15, -0.1) is 0 Å². The van der Waals surface area contributed by atoms with E-state index in [0.717, 1.165) is 24.8 Å². The lowest BCUT2D eigenvalue weighted by molar-refractivity contribution is 0.0526. The molecule has 1 unspecified atom stereocenters. The van der Waals surface area contributed by atoms with Crippen LogP contribution in [0.2, 0.25) is 0 Å². The highest BCUT2D eigenvalue weighted by molar-refractivity contribution is 5.67. The molecule has 0 bridgehead atoms. The highest BCUT2D eigenvalue weighted by atomic mass is 16.6. The second kappa shape index (κ2) is 10.2. The molecule has 23 heavy (non-hydrogen) atoms. The molecule has 0 aliphatic carbocycles. The zero-order valence-corrected chi connectivity index (χ0v) is 14.5. The van der Waals surface area contributed by atoms with E-state index >= 15 is 0 Å². The Kier molecular flexibility index (Phi) is 8.66. The highest BCUT2D eigenvalue weighted by Gasteiger charge is 2.15. The van der Waals surface area contributed by atoms with Crippen LogP contribution < -0.4 is 11.1 Å². The molecule has 5 nitrogen and oxygen atoms in total. The first-order valence-electron chi connectivity index (χ1n) is 8.21. The van der Waals surface area contributed by atoms with Crippen LogP contribution in [0.4, 0.5) is 4.79 Å². The van der Waals surface area contributed by atoms with Crippen molar-refractivity contribution in [3.63, 3.8) is 0 Å². The van der Waals surface area contributed by atoms with Gasteiger partial charge in [0.1, 0.15) is 5.60 Å². The van der Waals surface area contributed by atoms with Gasteiger partial charge >= 0.3 is 6.09 Å². The average Bonchev–Trinajstić information content (AvgIpc) is 2.46. The first-order valence-corrected chi connectivity index (χ1v) is 8.21. The Morgan fingerprint density at radius 1 is 1.22 bits per heavy atom. The Balaban J connectivity index is 1.99. The monoisotopic (exact) mass is 322 g/mol. The zero-order chi connectivity index (χ0) is 17.1. The fourth-order valence-electron chi connectivity index (χ4n) is 2.02. The van der Waals surface area contributed by atoms with Gasteiger partial charge in [-0.05, 0) is 39.2 Å². The van der Waals surface area contributed by atoms with Crippen LogP contribution in [0.1, 0.15) is 45.6 Å². The first kappa shape index (κ1) is 19.5. The highest BCUT2D eigenvalue weighted by Crippen LogP contribution is 2.07. The van der Waals surface area contributed by atoms with Crippen molar-refractivity contribution in [3.8, 4) is 0 Å². The Morgan fingerprint density at radius 3 is 2.57 bits per heavy atom. The van der Waals surface area contributed by atoms with E-state index in [1.807, 2.05) is 51.1 Å². The zero-order valence-electron chi connectivity index (χ0n) is 14.5. The minimum absolute atomic E-state index is 0.0280. The minimum Gasteiger partial charge on any atom is -0.444 e. The van der Waals surface area contributed by atoms with Crippen molar-refractivity contribution in [2.75, 3.05) is 13.2 Å². The third-order valence-electron chi connectivity index (χ3n) is 3.11. The molecule has 0 spiro atoms. The standard InChI is InChI=1S/C18H30N2O3/c1-18(2,3)23-17(21)20-12-8-7-11-16(19)14-22-13-15-9-5-4-6-10-15/h4-6,9-10,16H,7-8,11-14,19H2,1-3H3,(H,20,21). The maximum atomic E-state index is 11.5. The number of rotatable bonds is 9. The van der Waals surface area contributed by atoms with E-state index in [9.17, 15) is 4.79 Å². The van der Waals surface area contributed by atoms with Gasteiger partial charge in [-0.2, -0.15) is 0 Å². The maximum absolute atomic E-state index is 11.5. The van der Waals surface area contributed by atoms with Gasteiger partial charge in [0.25, 0.3) is 0 Å². The Morgan fingerprint density at radius 2 is 1.91 bits per heavy atom. The van der Waals surface area contributed by atoms with Crippen LogP contribution in [-0.2, 0) is 16.1 Å². The van der Waals surface area contributed by atoms with E-state index in [1.165, 1.54) is 0 Å². The molecule has 1 rings (SSSR count). The fraction of sp³-hybridized carbons (Fsp3) is 0.611. The van der Waals surface area contributed by atoms with E-state index < -0.39 is 5.60 Å². The third kappa shape index (κ3) is 10.7. The van der Waals surface area contributed by atoms with Gasteiger partial charge in [0.05, 0.1) is 13.2 Å². The lowest BCUT2D eigenvalue weighted by Crippen LogP contribution is -2.33. The topological polar surface area (TPSA) is 73.6 Å². The van der Waals surface area contributed by atoms with Crippen molar-refractivity contribution in [2.45, 2.75) is 58.3 Å². The minimum atomic E-state index is -0.456. The molecule has 0 radical (unpaired) electrons. The van der Waals surface area contributed by atoms with Crippen LogP contribution in [0.25, 0.3) is 0 Å². The number of alkyl carbamates (subject to hydrolysis) is 1. The first-order chi connectivity index (χ1) is 10.9. The Bertz CT molecular complexity index is 443. The van der Waals surface area contributed by atoms with Crippen LogP contribution >= 0.6 is 0 Å². The molecule has 130 valence electrons. The quantitative estimate of drug-likeness (QED) is 0.685. The van der Waals surface area contributed by atoms with E-state index in [0.29, 0.717) is 19.8 Å². The van der Waals surface area contributed by atoms with Gasteiger partial charge in [-0.1, -0.05) is 36.8 Å². The van der Waals surface area contributed by atoms with Crippen molar-refractivity contribution in [3.05, 3.63) is 35.9 Å². The van der Waals surface area contributed by atoms with Gasteiger partial charge < -0.3 is 20.5 Å². The molecule has 5 heteroatoms. The van der Waals surface area contributed by atoms with Gasteiger partial charge in [0.15, 0.2) is 0 Å². The van der Waals surface area contributed by atoms with Crippen molar-refractivity contribution in [2.24, 2.45) is 5.73 Å². The normalized spacial score (nSPS) is 12.7. The molecule has 0 aromatic heterocycles. The molecule has 0 aliphatic rings. The average molecular weight is 322 g/mol. The van der Waals surface area contributed by atoms with Crippen molar-refractivity contribution in [1.29, 1.82) is 0 Å². The summed E-state index contributed by atoms with van der Waals surface area (Å²) < 4.78 is 10.8. The molecule has 1 aromatic rings. The van der Waals surface area contributed by atoms with Crippen molar-refractivity contribution >= 4 is 6.09 Å². The van der Waals surface area contributed by atoms with Gasteiger partial charge in [-0.3, -0.25) is 0 Å². The summed E-state index contributed by atoms with van der Waals surface area (Å²) in [5.41, 5.74) is 6.72. The maximum Gasteiger partial charge on any atom is 0.407 e. The van der Waals surface area contributed by atoms with Crippen LogP contribution in [-0.4, -0.2) is 30.9 Å². The smallest absolute Gasteiger partial charge is 0.407 e. The van der Waals surface area contributed by atoms with E-state index in [4.69, 9.17) is 15.2 Å². The van der Waals surface area contributed by atoms with Gasteiger partial charge in [-0.25, -0.2) is 4.79 Å². The van der Waals surface area contributed by atoms with E-state index in [1.54, 1.807) is 0 Å². The second-order valence-electron chi connectivity index (χ2n) is 6.69. The molecular formula is C18H30N2O3. The summed E-state index contributed by atoms with van der Waals surface area (Å²) in [6, 6.07) is 10.1. The van der Waals surface area contributed by atoms with Crippen LogP contribution in [0, 0.1) is 0 Å². The summed E-state index contributed by atoms with van der Waals surface area (Å²) in [6.45, 7) is 7.29. The predicted molar refractivity (Wildman–Crippen MR) is 92.2 cm³/mol. The number of amides is 1. The number of carbonyl (C=O) groups is 1. The number of hydrogen-bond acceptors (Lipinski definition) is 4. The van der Waals surface area contributed by atoms with E-state index in [-0.39, 0.29) is 12.1 Å². The molecule has 1 amide bonds. The van der Waals surface area contributed by atoms with Gasteiger partial charge in [0.2, 0.25) is 0 Å². The predicted octanol–water partition coefficient (Wildman–Crippen LogP) is 3.23. The van der Waals surface area contributed by atoms with Crippen molar-refractivity contribution in [1.82, 2.24) is 5.32 Å². The number of hydrogen-bond donors (Lipinski definition) is 2. The summed E-state index contributed by atoms with van der Waals surface area (Å²) in [4.78, 5) is 11.5. The number of benzene rings is 1. The Labute approximate surface area is 139 Å². The molecule has 0 saturated heterocycles. The molecule has 0 fully saturated rings. The SMILES string of the molecule is CC(C)(C)OC(=O)NCCCCC(N)COCc1ccccc1. The van der Waals surface area contributed by atoms with Crippen molar-refractivity contribution < 1.29 is 14.3 Å². The summed E-state index contributed by atoms with van der Waals surface area (Å²) in [6.07, 6.45) is 2.34. The molecule has 3 N–H and O–H groups in total. The summed E-state index contributed by atoms with van der Waals surface area (Å²) in [5, 5.41) is 2.74. The molecule has 0 heterocycles. The second-order valence-corrected chi connectivity index (χ2v) is 6.69. The third-order valence-corrected chi connectivity index (χ3v) is 3.11. The van der Waals surface area contributed by atoms with Crippen LogP contribution in [0.5, 0.6) is 0 Å². The number of ether oxygens (including phenoxy) is 2. The lowest BCUT2D eigenvalue weighted by atomic mass is 10.1. The summed E-state index contributed by atoms with van der Waals surface area (Å²) in [5.74, 6) is 0. The van der Waals surface area contributed by atoms with E-state index in [2.05, 4.69) is 5.32 Å².